The molecule has 4 nitrogen and oxygen atoms in total. The van der Waals surface area contributed by atoms with Gasteiger partial charge in [-0.05, 0) is 49.5 Å². The fourth-order valence-corrected chi connectivity index (χ4v) is 4.73. The summed E-state index contributed by atoms with van der Waals surface area (Å²) in [5.74, 6) is 1.53. The maximum absolute atomic E-state index is 12.6. The summed E-state index contributed by atoms with van der Waals surface area (Å²) in [6.07, 6.45) is 6.18. The molecule has 1 aromatic rings. The molecule has 1 N–H and O–H groups in total. The van der Waals surface area contributed by atoms with E-state index in [9.17, 15) is 4.79 Å². The van der Waals surface area contributed by atoms with Crippen molar-refractivity contribution < 1.29 is 4.79 Å². The summed E-state index contributed by atoms with van der Waals surface area (Å²) < 4.78 is 0. The van der Waals surface area contributed by atoms with Gasteiger partial charge in [0.1, 0.15) is 0 Å². The molecule has 2 amide bonds. The van der Waals surface area contributed by atoms with E-state index in [-0.39, 0.29) is 6.03 Å². The summed E-state index contributed by atoms with van der Waals surface area (Å²) in [6, 6.07) is 11.2. The summed E-state index contributed by atoms with van der Waals surface area (Å²) in [5, 5.41) is 3.29. The van der Waals surface area contributed by atoms with Gasteiger partial charge in [0, 0.05) is 38.8 Å². The Morgan fingerprint density at radius 2 is 1.79 bits per heavy atom. The highest BCUT2D eigenvalue weighted by Gasteiger charge is 2.35. The molecule has 130 valence electrons. The molecule has 1 aliphatic carbocycles. The van der Waals surface area contributed by atoms with Crippen LogP contribution < -0.4 is 5.32 Å². The topological polar surface area (TPSA) is 35.6 Å². The molecule has 1 aromatic carbocycles. The molecule has 2 bridgehead atoms. The number of nitrogens with zero attached hydrogens (tertiary/aromatic N) is 2. The van der Waals surface area contributed by atoms with Gasteiger partial charge in [0.2, 0.25) is 0 Å². The molecule has 3 aliphatic rings. The van der Waals surface area contributed by atoms with Crippen molar-refractivity contribution in [2.45, 2.75) is 38.1 Å². The van der Waals surface area contributed by atoms with Gasteiger partial charge in [-0.25, -0.2) is 4.79 Å². The van der Waals surface area contributed by atoms with Crippen LogP contribution >= 0.6 is 0 Å². The molecule has 2 saturated heterocycles. The zero-order valence-electron chi connectivity index (χ0n) is 14.5. The van der Waals surface area contributed by atoms with Crippen LogP contribution in [0.3, 0.4) is 0 Å². The first-order valence-electron chi connectivity index (χ1n) is 9.58. The SMILES string of the molecule is O=C(NC1CCN(CCc2ccccc2)C1)N1CC2CCC(C2)C1. The highest BCUT2D eigenvalue weighted by molar-refractivity contribution is 5.74. The van der Waals surface area contributed by atoms with Gasteiger partial charge in [-0.3, -0.25) is 0 Å². The molecular formula is C20H29N3O. The first-order valence-corrected chi connectivity index (χ1v) is 9.58. The minimum absolute atomic E-state index is 0.182. The standard InChI is InChI=1S/C20H29N3O/c24-20(23-13-17-6-7-18(12-17)14-23)21-19-9-11-22(15-19)10-8-16-4-2-1-3-5-16/h1-5,17-19H,6-15H2,(H,21,24). The van der Waals surface area contributed by atoms with E-state index >= 15 is 0 Å². The Kier molecular flexibility index (Phi) is 4.74. The highest BCUT2D eigenvalue weighted by atomic mass is 16.2. The number of carbonyl (C=O) groups excluding carboxylic acids is 1. The second-order valence-corrected chi connectivity index (χ2v) is 7.92. The lowest BCUT2D eigenvalue weighted by atomic mass is 9.99. The predicted octanol–water partition coefficient (Wildman–Crippen LogP) is 2.74. The third kappa shape index (κ3) is 3.75. The van der Waals surface area contributed by atoms with E-state index in [0.29, 0.717) is 6.04 Å². The molecule has 2 heterocycles. The number of carbonyl (C=O) groups is 1. The number of amides is 2. The van der Waals surface area contributed by atoms with Crippen molar-refractivity contribution in [1.29, 1.82) is 0 Å². The van der Waals surface area contributed by atoms with Crippen LogP contribution in [0.15, 0.2) is 30.3 Å². The Morgan fingerprint density at radius 1 is 1.04 bits per heavy atom. The zero-order chi connectivity index (χ0) is 16.4. The number of benzene rings is 1. The second-order valence-electron chi connectivity index (χ2n) is 7.92. The van der Waals surface area contributed by atoms with Gasteiger partial charge in [-0.2, -0.15) is 0 Å². The summed E-state index contributed by atoms with van der Waals surface area (Å²) >= 11 is 0. The van der Waals surface area contributed by atoms with Gasteiger partial charge in [-0.15, -0.1) is 0 Å². The molecule has 0 spiro atoms. The van der Waals surface area contributed by atoms with Crippen molar-refractivity contribution in [2.24, 2.45) is 11.8 Å². The van der Waals surface area contributed by atoms with Gasteiger partial charge in [0.05, 0.1) is 0 Å². The minimum atomic E-state index is 0.182. The molecule has 3 unspecified atom stereocenters. The molecular weight excluding hydrogens is 298 g/mol. The van der Waals surface area contributed by atoms with Crippen LogP contribution in [0.5, 0.6) is 0 Å². The molecule has 3 atom stereocenters. The molecule has 0 aromatic heterocycles. The van der Waals surface area contributed by atoms with Gasteiger partial charge in [0.25, 0.3) is 0 Å². The van der Waals surface area contributed by atoms with Crippen LogP contribution in [0.2, 0.25) is 0 Å². The first kappa shape index (κ1) is 15.9. The van der Waals surface area contributed by atoms with Crippen molar-refractivity contribution in [3.05, 3.63) is 35.9 Å². The first-order chi connectivity index (χ1) is 11.8. The van der Waals surface area contributed by atoms with Gasteiger partial charge < -0.3 is 15.1 Å². The van der Waals surface area contributed by atoms with Crippen molar-refractivity contribution >= 4 is 6.03 Å². The van der Waals surface area contributed by atoms with Crippen molar-refractivity contribution in [3.63, 3.8) is 0 Å². The van der Waals surface area contributed by atoms with E-state index < -0.39 is 0 Å². The number of rotatable bonds is 4. The summed E-state index contributed by atoms with van der Waals surface area (Å²) in [5.41, 5.74) is 1.40. The van der Waals surface area contributed by atoms with Crippen molar-refractivity contribution in [2.75, 3.05) is 32.7 Å². The number of hydrogen-bond acceptors (Lipinski definition) is 2. The largest absolute Gasteiger partial charge is 0.334 e. The van der Waals surface area contributed by atoms with Crippen LogP contribution in [0.4, 0.5) is 4.79 Å². The monoisotopic (exact) mass is 327 g/mol. The van der Waals surface area contributed by atoms with E-state index in [0.717, 1.165) is 57.4 Å². The van der Waals surface area contributed by atoms with E-state index in [1.54, 1.807) is 0 Å². The smallest absolute Gasteiger partial charge is 0.317 e. The predicted molar refractivity (Wildman–Crippen MR) is 95.9 cm³/mol. The lowest BCUT2D eigenvalue weighted by molar-refractivity contribution is 0.158. The summed E-state index contributed by atoms with van der Waals surface area (Å²) in [4.78, 5) is 17.1. The number of fused-ring (bicyclic) bond motifs is 2. The summed E-state index contributed by atoms with van der Waals surface area (Å²) in [6.45, 7) is 5.14. The molecule has 0 radical (unpaired) electrons. The maximum Gasteiger partial charge on any atom is 0.317 e. The Morgan fingerprint density at radius 3 is 2.54 bits per heavy atom. The number of urea groups is 1. The van der Waals surface area contributed by atoms with E-state index in [1.807, 2.05) is 0 Å². The van der Waals surface area contributed by atoms with Crippen LogP contribution in [0, 0.1) is 11.8 Å². The van der Waals surface area contributed by atoms with Gasteiger partial charge >= 0.3 is 6.03 Å². The second kappa shape index (κ2) is 7.14. The summed E-state index contributed by atoms with van der Waals surface area (Å²) in [7, 11) is 0. The quantitative estimate of drug-likeness (QED) is 0.923. The fraction of sp³-hybridized carbons (Fsp3) is 0.650. The van der Waals surface area contributed by atoms with E-state index in [4.69, 9.17) is 0 Å². The van der Waals surface area contributed by atoms with Crippen LogP contribution in [-0.4, -0.2) is 54.6 Å². The van der Waals surface area contributed by atoms with E-state index in [2.05, 4.69) is 45.4 Å². The van der Waals surface area contributed by atoms with Crippen LogP contribution in [-0.2, 0) is 6.42 Å². The van der Waals surface area contributed by atoms with Crippen molar-refractivity contribution in [1.82, 2.24) is 15.1 Å². The molecule has 4 rings (SSSR count). The van der Waals surface area contributed by atoms with Gasteiger partial charge in [0.15, 0.2) is 0 Å². The minimum Gasteiger partial charge on any atom is -0.334 e. The maximum atomic E-state index is 12.6. The molecule has 1 saturated carbocycles. The average molecular weight is 327 g/mol. The molecule has 3 fully saturated rings. The van der Waals surface area contributed by atoms with Crippen LogP contribution in [0.1, 0.15) is 31.2 Å². The molecule has 4 heteroatoms. The van der Waals surface area contributed by atoms with Crippen LogP contribution in [0.25, 0.3) is 0 Å². The third-order valence-corrected chi connectivity index (χ3v) is 6.05. The lowest BCUT2D eigenvalue weighted by Crippen LogP contribution is -2.49. The average Bonchev–Trinajstić information content (AvgIpc) is 3.19. The number of nitrogens with one attached hydrogen (secondary N) is 1. The highest BCUT2D eigenvalue weighted by Crippen LogP contribution is 2.36. The Balaban J connectivity index is 1.21. The Bertz CT molecular complexity index is 549. The lowest BCUT2D eigenvalue weighted by Gasteiger charge is -2.32. The fourth-order valence-electron chi connectivity index (χ4n) is 4.73. The zero-order valence-corrected chi connectivity index (χ0v) is 14.5. The normalized spacial score (nSPS) is 29.8. The van der Waals surface area contributed by atoms with Gasteiger partial charge in [-0.1, -0.05) is 30.3 Å². The third-order valence-electron chi connectivity index (χ3n) is 6.05. The Hall–Kier alpha value is -1.55. The van der Waals surface area contributed by atoms with Crippen molar-refractivity contribution in [3.8, 4) is 0 Å². The molecule has 2 aliphatic heterocycles. The Labute approximate surface area is 145 Å². The number of piperidine rings is 1. The number of likely N-dealkylation sites (tertiary alicyclic amines) is 2. The molecule has 24 heavy (non-hydrogen) atoms. The van der Waals surface area contributed by atoms with E-state index in [1.165, 1.54) is 24.8 Å². The number of hydrogen-bond donors (Lipinski definition) is 1.